The van der Waals surface area contributed by atoms with Gasteiger partial charge in [-0.1, -0.05) is 167 Å². The number of thiophene rings is 1. The van der Waals surface area contributed by atoms with Crippen LogP contribution in [0.3, 0.4) is 0 Å². The summed E-state index contributed by atoms with van der Waals surface area (Å²) in [7, 11) is 0. The van der Waals surface area contributed by atoms with Gasteiger partial charge >= 0.3 is 0 Å². The standard InChI is InChI=1S/C70H72BN3S/c1-43-35-44(2)64-59(36-43)74(70(13)34-20-19-33-69(64,70)12)50-41-60-65-61(42-50)73(56-31-27-46(66(3,4)5)37-52(56)45-21-15-14-16-22-45)58-39-48(68(9,10)11)26-30-55(58)71(65)54-29-25-47(67(6,7)8)38-57(54)72(60)49-28-32-63-53(40-49)51-23-17-18-24-62(51)75-63/h14-18,21-32,35-42H,19-20,33-34H2,1-13H3. The van der Waals surface area contributed by atoms with Crippen LogP contribution in [0.2, 0.25) is 0 Å². The first kappa shape index (κ1) is 48.1. The number of aryl methyl sites for hydroxylation is 2. The maximum atomic E-state index is 2.85. The quantitative estimate of drug-likeness (QED) is 0.163. The number of fused-ring (bicyclic) bond motifs is 10. The second-order valence-electron chi connectivity index (χ2n) is 26.3. The van der Waals surface area contributed by atoms with Crippen molar-refractivity contribution in [1.29, 1.82) is 0 Å². The van der Waals surface area contributed by atoms with Crippen LogP contribution in [0, 0.1) is 13.8 Å². The molecule has 2 atom stereocenters. The molecule has 1 aromatic heterocycles. The SMILES string of the molecule is Cc1cc(C)c2c(c1)N(c1cc3c4c(c1)N(c1ccc(C(C)(C)C)cc1-c1ccccc1)c1cc(C(C)(C)C)ccc1B4c1ccc(C(C)(C)C)cc1N3c1ccc3sc4ccccc4c3c1)C1(C)CCCCC21C. The van der Waals surface area contributed by atoms with Crippen molar-refractivity contribution < 1.29 is 0 Å². The third kappa shape index (κ3) is 7.19. The molecule has 4 heterocycles. The minimum absolute atomic E-state index is 0.0183. The fraction of sp³-hybridized carbons (Fsp3) is 0.314. The maximum absolute atomic E-state index is 2.85. The third-order valence-electron chi connectivity index (χ3n) is 18.4. The van der Waals surface area contributed by atoms with E-state index in [1.165, 1.54) is 146 Å². The predicted octanol–water partition coefficient (Wildman–Crippen LogP) is 18.1. The summed E-state index contributed by atoms with van der Waals surface area (Å²) in [4.78, 5) is 8.24. The van der Waals surface area contributed by atoms with E-state index in [0.29, 0.717) is 0 Å². The molecule has 13 rings (SSSR count). The molecular weight excluding hydrogens is 926 g/mol. The summed E-state index contributed by atoms with van der Waals surface area (Å²) in [5.74, 6) is 0. The zero-order valence-electron chi connectivity index (χ0n) is 46.6. The van der Waals surface area contributed by atoms with Crippen molar-refractivity contribution in [3.8, 4) is 11.1 Å². The number of hydrogen-bond donors (Lipinski definition) is 0. The summed E-state index contributed by atoms with van der Waals surface area (Å²) in [6, 6.07) is 60.0. The highest BCUT2D eigenvalue weighted by molar-refractivity contribution is 7.25. The van der Waals surface area contributed by atoms with Crippen LogP contribution in [0.15, 0.2) is 152 Å². The van der Waals surface area contributed by atoms with Crippen LogP contribution >= 0.6 is 11.3 Å². The molecule has 4 aliphatic rings. The van der Waals surface area contributed by atoms with Gasteiger partial charge in [0.15, 0.2) is 0 Å². The Hall–Kier alpha value is -6.56. The molecule has 3 nitrogen and oxygen atoms in total. The number of benzene rings is 8. The first-order chi connectivity index (χ1) is 35.6. The number of hydrogen-bond acceptors (Lipinski definition) is 4. The lowest BCUT2D eigenvalue weighted by Crippen LogP contribution is -2.61. The molecule has 0 N–H and O–H groups in total. The molecule has 3 aliphatic heterocycles. The Balaban J connectivity index is 1.20. The first-order valence-electron chi connectivity index (χ1n) is 27.7. The van der Waals surface area contributed by atoms with Crippen molar-refractivity contribution in [3.63, 3.8) is 0 Å². The van der Waals surface area contributed by atoms with E-state index in [4.69, 9.17) is 0 Å². The molecule has 9 aromatic rings. The van der Waals surface area contributed by atoms with Gasteiger partial charge in [-0.05, 0) is 172 Å². The predicted molar refractivity (Wildman–Crippen MR) is 327 cm³/mol. The molecule has 1 aliphatic carbocycles. The summed E-state index contributed by atoms with van der Waals surface area (Å²) in [6.45, 7) is 31.1. The van der Waals surface area contributed by atoms with Gasteiger partial charge in [-0.15, -0.1) is 11.3 Å². The molecule has 75 heavy (non-hydrogen) atoms. The molecule has 1 saturated carbocycles. The van der Waals surface area contributed by atoms with Gasteiger partial charge in [0.05, 0.1) is 11.2 Å². The Labute approximate surface area is 451 Å². The summed E-state index contributed by atoms with van der Waals surface area (Å²) in [6.07, 6.45) is 4.77. The van der Waals surface area contributed by atoms with Crippen LogP contribution in [0.5, 0.6) is 0 Å². The van der Waals surface area contributed by atoms with E-state index in [9.17, 15) is 0 Å². The van der Waals surface area contributed by atoms with Crippen molar-refractivity contribution in [2.45, 2.75) is 143 Å². The van der Waals surface area contributed by atoms with Gasteiger partial charge in [0.1, 0.15) is 0 Å². The molecule has 8 aromatic carbocycles. The highest BCUT2D eigenvalue weighted by Crippen LogP contribution is 2.63. The molecule has 0 saturated heterocycles. The van der Waals surface area contributed by atoms with Crippen molar-refractivity contribution in [3.05, 3.63) is 185 Å². The van der Waals surface area contributed by atoms with Gasteiger partial charge in [0, 0.05) is 71.0 Å². The average Bonchev–Trinajstić information content (AvgIpc) is 3.86. The van der Waals surface area contributed by atoms with Crippen LogP contribution in [0.4, 0.5) is 45.5 Å². The van der Waals surface area contributed by atoms with Gasteiger partial charge in [-0.2, -0.15) is 0 Å². The second-order valence-corrected chi connectivity index (χ2v) is 27.4. The summed E-state index contributed by atoms with van der Waals surface area (Å²) in [5, 5.41) is 2.63. The van der Waals surface area contributed by atoms with Crippen molar-refractivity contribution >= 4 is 100 Å². The highest BCUT2D eigenvalue weighted by Gasteiger charge is 2.59. The summed E-state index contributed by atoms with van der Waals surface area (Å²) < 4.78 is 2.65. The number of nitrogens with zero attached hydrogens (tertiary/aromatic N) is 3. The van der Waals surface area contributed by atoms with Crippen LogP contribution < -0.4 is 31.1 Å². The number of rotatable bonds is 4. The lowest BCUT2D eigenvalue weighted by Gasteiger charge is -2.51. The zero-order chi connectivity index (χ0) is 52.3. The van der Waals surface area contributed by atoms with Gasteiger partial charge in [0.25, 0.3) is 6.71 Å². The van der Waals surface area contributed by atoms with Gasteiger partial charge in [-0.25, -0.2) is 0 Å². The van der Waals surface area contributed by atoms with Crippen LogP contribution in [-0.2, 0) is 21.7 Å². The average molecular weight is 998 g/mol. The van der Waals surface area contributed by atoms with Gasteiger partial charge in [-0.3, -0.25) is 0 Å². The van der Waals surface area contributed by atoms with E-state index in [-0.39, 0.29) is 33.9 Å². The lowest BCUT2D eigenvalue weighted by molar-refractivity contribution is 0.194. The summed E-state index contributed by atoms with van der Waals surface area (Å²) in [5.41, 5.74) is 24.5. The zero-order valence-corrected chi connectivity index (χ0v) is 47.4. The van der Waals surface area contributed by atoms with Crippen LogP contribution in [0.25, 0.3) is 31.3 Å². The molecule has 376 valence electrons. The Kier molecular flexibility index (Phi) is 10.6. The van der Waals surface area contributed by atoms with Crippen molar-refractivity contribution in [1.82, 2.24) is 0 Å². The maximum Gasteiger partial charge on any atom is 0.252 e. The Bertz CT molecular complexity index is 3820. The van der Waals surface area contributed by atoms with Crippen molar-refractivity contribution in [2.75, 3.05) is 14.7 Å². The van der Waals surface area contributed by atoms with Crippen molar-refractivity contribution in [2.24, 2.45) is 0 Å². The lowest BCUT2D eigenvalue weighted by atomic mass is 9.33. The van der Waals surface area contributed by atoms with E-state index < -0.39 is 0 Å². The molecule has 0 spiro atoms. The largest absolute Gasteiger partial charge is 0.334 e. The van der Waals surface area contributed by atoms with Crippen LogP contribution in [-0.4, -0.2) is 12.3 Å². The molecule has 2 unspecified atom stereocenters. The highest BCUT2D eigenvalue weighted by atomic mass is 32.1. The normalized spacial score (nSPS) is 19.1. The first-order valence-corrected chi connectivity index (χ1v) is 28.6. The minimum atomic E-state index is -0.155. The monoisotopic (exact) mass is 998 g/mol. The Morgan fingerprint density at radius 2 is 1.07 bits per heavy atom. The Morgan fingerprint density at radius 3 is 1.75 bits per heavy atom. The van der Waals surface area contributed by atoms with Gasteiger partial charge in [0.2, 0.25) is 0 Å². The minimum Gasteiger partial charge on any atom is -0.334 e. The molecule has 1 fully saturated rings. The van der Waals surface area contributed by atoms with E-state index in [0.717, 1.165) is 6.42 Å². The fourth-order valence-electron chi connectivity index (χ4n) is 14.2. The van der Waals surface area contributed by atoms with E-state index in [2.05, 4.69) is 256 Å². The smallest absolute Gasteiger partial charge is 0.252 e. The van der Waals surface area contributed by atoms with E-state index in [1.807, 2.05) is 11.3 Å². The van der Waals surface area contributed by atoms with E-state index in [1.54, 1.807) is 0 Å². The molecule has 0 radical (unpaired) electrons. The molecular formula is C70H72BN3S. The van der Waals surface area contributed by atoms with Crippen LogP contribution in [0.1, 0.15) is 135 Å². The molecule has 5 heteroatoms. The summed E-state index contributed by atoms with van der Waals surface area (Å²) >= 11 is 1.90. The molecule has 0 bridgehead atoms. The second kappa shape index (κ2) is 16.5. The fourth-order valence-corrected chi connectivity index (χ4v) is 15.3. The third-order valence-corrected chi connectivity index (χ3v) is 19.5. The number of anilines is 8. The topological polar surface area (TPSA) is 9.72 Å². The Morgan fingerprint density at radius 1 is 0.480 bits per heavy atom. The molecule has 0 amide bonds. The van der Waals surface area contributed by atoms with E-state index >= 15 is 0 Å². The van der Waals surface area contributed by atoms with Gasteiger partial charge < -0.3 is 14.7 Å².